The Bertz CT molecular complexity index is 1250. The highest BCUT2D eigenvalue weighted by Gasteiger charge is 2.26. The molecular formula is C26H32N6O. The Balaban J connectivity index is 1.21. The van der Waals surface area contributed by atoms with Crippen LogP contribution in [0.1, 0.15) is 39.0 Å². The van der Waals surface area contributed by atoms with Crippen molar-refractivity contribution in [1.29, 1.82) is 0 Å². The van der Waals surface area contributed by atoms with Crippen molar-refractivity contribution < 1.29 is 4.74 Å². The van der Waals surface area contributed by atoms with E-state index < -0.39 is 0 Å². The molecule has 172 valence electrons. The molecule has 0 amide bonds. The number of rotatable bonds is 5. The summed E-state index contributed by atoms with van der Waals surface area (Å²) in [6.07, 6.45) is 6.67. The molecule has 2 N–H and O–H groups in total. The van der Waals surface area contributed by atoms with Crippen LogP contribution in [-0.4, -0.2) is 63.9 Å². The van der Waals surface area contributed by atoms with Crippen molar-refractivity contribution in [2.24, 2.45) is 0 Å². The molecule has 4 heterocycles. The van der Waals surface area contributed by atoms with Gasteiger partial charge in [-0.05, 0) is 76.0 Å². The molecule has 2 fully saturated rings. The SMILES string of the molecule is CCOc1ccc2c(-c3nc4ccc(N5CCC(N6CCCCC6)CC5)cc4[nH]3)n[nH]c2c1. The van der Waals surface area contributed by atoms with E-state index in [0.29, 0.717) is 6.61 Å². The molecule has 0 aliphatic carbocycles. The average Bonchev–Trinajstić information content (AvgIpc) is 3.48. The molecule has 2 aliphatic rings. The molecule has 2 aromatic heterocycles. The number of hydrogen-bond acceptors (Lipinski definition) is 5. The summed E-state index contributed by atoms with van der Waals surface area (Å²) >= 11 is 0. The van der Waals surface area contributed by atoms with Crippen LogP contribution in [0.5, 0.6) is 5.75 Å². The van der Waals surface area contributed by atoms with Gasteiger partial charge in [-0.2, -0.15) is 5.10 Å². The van der Waals surface area contributed by atoms with E-state index >= 15 is 0 Å². The minimum Gasteiger partial charge on any atom is -0.494 e. The van der Waals surface area contributed by atoms with Gasteiger partial charge in [0.15, 0.2) is 5.82 Å². The van der Waals surface area contributed by atoms with Gasteiger partial charge in [0.05, 0.1) is 23.2 Å². The van der Waals surface area contributed by atoms with Crippen LogP contribution in [0.25, 0.3) is 33.5 Å². The Morgan fingerprint density at radius 2 is 1.82 bits per heavy atom. The van der Waals surface area contributed by atoms with Gasteiger partial charge in [-0.25, -0.2) is 4.98 Å². The maximum absolute atomic E-state index is 5.61. The summed E-state index contributed by atoms with van der Waals surface area (Å²) in [5.74, 6) is 1.64. The maximum atomic E-state index is 5.61. The van der Waals surface area contributed by atoms with E-state index in [1.54, 1.807) is 0 Å². The zero-order valence-corrected chi connectivity index (χ0v) is 19.3. The third-order valence-electron chi connectivity index (χ3n) is 7.27. The van der Waals surface area contributed by atoms with Crippen LogP contribution in [0.2, 0.25) is 0 Å². The van der Waals surface area contributed by atoms with Gasteiger partial charge in [0.1, 0.15) is 11.4 Å². The van der Waals surface area contributed by atoms with Crippen molar-refractivity contribution >= 4 is 27.6 Å². The Hall–Kier alpha value is -3.06. The molecule has 7 heteroatoms. The van der Waals surface area contributed by atoms with Crippen LogP contribution in [0.3, 0.4) is 0 Å². The van der Waals surface area contributed by atoms with Gasteiger partial charge < -0.3 is 19.5 Å². The Morgan fingerprint density at radius 3 is 2.64 bits per heavy atom. The largest absolute Gasteiger partial charge is 0.494 e. The third-order valence-corrected chi connectivity index (χ3v) is 7.27. The highest BCUT2D eigenvalue weighted by Crippen LogP contribution is 2.31. The zero-order valence-electron chi connectivity index (χ0n) is 19.3. The van der Waals surface area contributed by atoms with Crippen LogP contribution in [-0.2, 0) is 0 Å². The van der Waals surface area contributed by atoms with E-state index in [-0.39, 0.29) is 0 Å². The molecule has 6 rings (SSSR count). The lowest BCUT2D eigenvalue weighted by atomic mass is 9.99. The van der Waals surface area contributed by atoms with Gasteiger partial charge in [0.2, 0.25) is 0 Å². The molecule has 0 unspecified atom stereocenters. The second kappa shape index (κ2) is 8.71. The minimum absolute atomic E-state index is 0.647. The van der Waals surface area contributed by atoms with E-state index in [1.807, 2.05) is 25.1 Å². The summed E-state index contributed by atoms with van der Waals surface area (Å²) in [5.41, 5.74) is 5.10. The molecule has 2 aromatic carbocycles. The summed E-state index contributed by atoms with van der Waals surface area (Å²) in [4.78, 5) is 13.6. The predicted molar refractivity (Wildman–Crippen MR) is 133 cm³/mol. The molecule has 0 radical (unpaired) electrons. The Kier molecular flexibility index (Phi) is 5.42. The number of likely N-dealkylation sites (tertiary alicyclic amines) is 1. The zero-order chi connectivity index (χ0) is 22.2. The van der Waals surface area contributed by atoms with Crippen molar-refractivity contribution in [3.63, 3.8) is 0 Å². The number of H-pyrrole nitrogens is 2. The van der Waals surface area contributed by atoms with E-state index in [4.69, 9.17) is 9.72 Å². The smallest absolute Gasteiger partial charge is 0.159 e. The second-order valence-electron chi connectivity index (χ2n) is 9.31. The average molecular weight is 445 g/mol. The monoisotopic (exact) mass is 444 g/mol. The second-order valence-corrected chi connectivity index (χ2v) is 9.31. The first-order chi connectivity index (χ1) is 16.3. The van der Waals surface area contributed by atoms with Crippen LogP contribution in [0, 0.1) is 0 Å². The van der Waals surface area contributed by atoms with Crippen molar-refractivity contribution in [2.75, 3.05) is 37.7 Å². The number of imidazole rings is 1. The number of piperidine rings is 2. The fourth-order valence-electron chi connectivity index (χ4n) is 5.51. The van der Waals surface area contributed by atoms with Crippen LogP contribution in [0.15, 0.2) is 36.4 Å². The van der Waals surface area contributed by atoms with E-state index in [2.05, 4.69) is 43.2 Å². The first-order valence-electron chi connectivity index (χ1n) is 12.4. The number of ether oxygens (including phenoxy) is 1. The van der Waals surface area contributed by atoms with Gasteiger partial charge in [-0.1, -0.05) is 6.42 Å². The topological polar surface area (TPSA) is 73.1 Å². The molecule has 0 saturated carbocycles. The van der Waals surface area contributed by atoms with Gasteiger partial charge in [-0.15, -0.1) is 0 Å². The van der Waals surface area contributed by atoms with Crippen LogP contribution < -0.4 is 9.64 Å². The van der Waals surface area contributed by atoms with Crippen molar-refractivity contribution in [2.45, 2.75) is 45.1 Å². The molecule has 2 aliphatic heterocycles. The van der Waals surface area contributed by atoms with Gasteiger partial charge in [0, 0.05) is 36.3 Å². The lowest BCUT2D eigenvalue weighted by Gasteiger charge is -2.41. The number of aromatic amines is 2. The fraction of sp³-hybridized carbons (Fsp3) is 0.462. The fourth-order valence-corrected chi connectivity index (χ4v) is 5.51. The number of aromatic nitrogens is 4. The summed E-state index contributed by atoms with van der Waals surface area (Å²) in [7, 11) is 0. The quantitative estimate of drug-likeness (QED) is 0.455. The lowest BCUT2D eigenvalue weighted by Crippen LogP contribution is -2.46. The first-order valence-corrected chi connectivity index (χ1v) is 12.4. The third kappa shape index (κ3) is 3.95. The van der Waals surface area contributed by atoms with Gasteiger partial charge >= 0.3 is 0 Å². The molecule has 2 saturated heterocycles. The molecule has 7 nitrogen and oxygen atoms in total. The summed E-state index contributed by atoms with van der Waals surface area (Å²) in [6.45, 7) is 7.47. The Labute approximate surface area is 194 Å². The van der Waals surface area contributed by atoms with Crippen molar-refractivity contribution in [3.8, 4) is 17.3 Å². The standard InChI is InChI=1S/C26H32N6O/c1-2-33-20-7-8-21-23(17-20)29-30-25(21)26-27-22-9-6-19(16-24(22)28-26)32-14-10-18(11-15-32)31-12-4-3-5-13-31/h6-9,16-18H,2-5,10-15H2,1H3,(H,27,28)(H,29,30). The van der Waals surface area contributed by atoms with Crippen molar-refractivity contribution in [1.82, 2.24) is 25.1 Å². The summed E-state index contributed by atoms with van der Waals surface area (Å²) in [5, 5.41) is 8.70. The molecule has 0 bridgehead atoms. The number of benzene rings is 2. The highest BCUT2D eigenvalue weighted by atomic mass is 16.5. The maximum Gasteiger partial charge on any atom is 0.159 e. The predicted octanol–water partition coefficient (Wildman–Crippen LogP) is 4.96. The minimum atomic E-state index is 0.647. The summed E-state index contributed by atoms with van der Waals surface area (Å²) in [6, 6.07) is 13.4. The van der Waals surface area contributed by atoms with Crippen molar-refractivity contribution in [3.05, 3.63) is 36.4 Å². The van der Waals surface area contributed by atoms with Gasteiger partial charge in [0.25, 0.3) is 0 Å². The number of fused-ring (bicyclic) bond motifs is 2. The molecule has 4 aromatic rings. The highest BCUT2D eigenvalue weighted by molar-refractivity contribution is 5.94. The van der Waals surface area contributed by atoms with E-state index in [1.165, 1.54) is 50.9 Å². The molecule has 0 spiro atoms. The normalized spacial score (nSPS) is 18.4. The van der Waals surface area contributed by atoms with Crippen LogP contribution >= 0.6 is 0 Å². The van der Waals surface area contributed by atoms with Crippen LogP contribution in [0.4, 0.5) is 5.69 Å². The first kappa shape index (κ1) is 20.5. The molecule has 0 atom stereocenters. The van der Waals surface area contributed by atoms with E-state index in [0.717, 1.165) is 58.3 Å². The number of nitrogens with zero attached hydrogens (tertiary/aromatic N) is 4. The molecular weight excluding hydrogens is 412 g/mol. The number of hydrogen-bond donors (Lipinski definition) is 2. The molecule has 33 heavy (non-hydrogen) atoms. The lowest BCUT2D eigenvalue weighted by molar-refractivity contribution is 0.141. The summed E-state index contributed by atoms with van der Waals surface area (Å²) < 4.78 is 5.61. The number of anilines is 1. The van der Waals surface area contributed by atoms with Gasteiger partial charge in [-0.3, -0.25) is 5.10 Å². The Morgan fingerprint density at radius 1 is 0.970 bits per heavy atom. The number of nitrogens with one attached hydrogen (secondary N) is 2. The van der Waals surface area contributed by atoms with E-state index in [9.17, 15) is 0 Å².